The number of carbonyl (C=O) groups is 1. The van der Waals surface area contributed by atoms with Gasteiger partial charge in [0.2, 0.25) is 5.91 Å². The second-order valence-corrected chi connectivity index (χ2v) is 5.97. The van der Waals surface area contributed by atoms with Crippen molar-refractivity contribution in [2.45, 2.75) is 26.9 Å². The van der Waals surface area contributed by atoms with Crippen LogP contribution in [0.15, 0.2) is 52.1 Å². The first-order chi connectivity index (χ1) is 12.4. The molecule has 1 N–H and O–H groups in total. The molecule has 134 valence electrons. The Labute approximate surface area is 148 Å². The first kappa shape index (κ1) is 17.6. The Morgan fingerprint density at radius 3 is 2.54 bits per heavy atom. The van der Waals surface area contributed by atoms with Crippen molar-refractivity contribution in [1.82, 2.24) is 9.13 Å². The Morgan fingerprint density at radius 2 is 1.85 bits per heavy atom. The van der Waals surface area contributed by atoms with Crippen LogP contribution in [0.3, 0.4) is 0 Å². The van der Waals surface area contributed by atoms with E-state index in [1.807, 2.05) is 0 Å². The van der Waals surface area contributed by atoms with Gasteiger partial charge in [0, 0.05) is 6.54 Å². The summed E-state index contributed by atoms with van der Waals surface area (Å²) in [4.78, 5) is 37.4. The predicted molar refractivity (Wildman–Crippen MR) is 97.9 cm³/mol. The first-order valence-corrected chi connectivity index (χ1v) is 8.20. The van der Waals surface area contributed by atoms with Crippen molar-refractivity contribution in [3.8, 4) is 0 Å². The lowest BCUT2D eigenvalue weighted by Gasteiger charge is -2.13. The smallest absolute Gasteiger partial charge is 0.322 e. The summed E-state index contributed by atoms with van der Waals surface area (Å²) >= 11 is 0. The van der Waals surface area contributed by atoms with Crippen molar-refractivity contribution < 1.29 is 9.18 Å². The second kappa shape index (κ2) is 6.95. The van der Waals surface area contributed by atoms with Crippen molar-refractivity contribution in [2.24, 2.45) is 0 Å². The Kier molecular flexibility index (Phi) is 4.71. The summed E-state index contributed by atoms with van der Waals surface area (Å²) in [5.41, 5.74) is 0.177. The minimum absolute atomic E-state index is 0.0433. The number of halogens is 1. The fourth-order valence-electron chi connectivity index (χ4n) is 2.86. The number of fused-ring (bicyclic) bond motifs is 1. The number of aromatic nitrogens is 2. The lowest BCUT2D eigenvalue weighted by atomic mass is 10.2. The van der Waals surface area contributed by atoms with Gasteiger partial charge in [0.15, 0.2) is 0 Å². The summed E-state index contributed by atoms with van der Waals surface area (Å²) in [5, 5.41) is 2.82. The van der Waals surface area contributed by atoms with Crippen LogP contribution in [0.2, 0.25) is 0 Å². The van der Waals surface area contributed by atoms with Gasteiger partial charge in [-0.1, -0.05) is 18.2 Å². The Bertz CT molecular complexity index is 1120. The number of amides is 1. The van der Waals surface area contributed by atoms with E-state index in [1.165, 1.54) is 16.7 Å². The number of carbonyl (C=O) groups excluding carboxylic acids is 1. The van der Waals surface area contributed by atoms with Gasteiger partial charge in [0.25, 0.3) is 5.56 Å². The fraction of sp³-hybridized carbons (Fsp3) is 0.211. The van der Waals surface area contributed by atoms with Gasteiger partial charge in [-0.05, 0) is 43.7 Å². The molecule has 0 fully saturated rings. The molecule has 0 saturated carbocycles. The van der Waals surface area contributed by atoms with E-state index < -0.39 is 23.0 Å². The number of hydrogen-bond donors (Lipinski definition) is 1. The summed E-state index contributed by atoms with van der Waals surface area (Å²) < 4.78 is 16.2. The minimum Gasteiger partial charge on any atom is -0.322 e. The zero-order valence-corrected chi connectivity index (χ0v) is 14.5. The molecule has 26 heavy (non-hydrogen) atoms. The van der Waals surface area contributed by atoms with E-state index >= 15 is 0 Å². The topological polar surface area (TPSA) is 73.1 Å². The fourth-order valence-corrected chi connectivity index (χ4v) is 2.86. The number of aryl methyl sites for hydroxylation is 1. The number of benzene rings is 2. The van der Waals surface area contributed by atoms with E-state index in [2.05, 4.69) is 5.32 Å². The van der Waals surface area contributed by atoms with Crippen molar-refractivity contribution in [3.05, 3.63) is 74.7 Å². The molecular formula is C19H18FN3O3. The quantitative estimate of drug-likeness (QED) is 0.780. The van der Waals surface area contributed by atoms with Crippen LogP contribution < -0.4 is 16.6 Å². The third kappa shape index (κ3) is 3.15. The van der Waals surface area contributed by atoms with Gasteiger partial charge < -0.3 is 5.32 Å². The van der Waals surface area contributed by atoms with Gasteiger partial charge in [-0.15, -0.1) is 0 Å². The number of nitrogens with one attached hydrogen (secondary N) is 1. The van der Waals surface area contributed by atoms with Crippen LogP contribution in [0.5, 0.6) is 0 Å². The zero-order valence-electron chi connectivity index (χ0n) is 14.5. The Hall–Kier alpha value is -3.22. The van der Waals surface area contributed by atoms with Crippen LogP contribution in [0, 0.1) is 12.7 Å². The number of hydrogen-bond acceptors (Lipinski definition) is 3. The van der Waals surface area contributed by atoms with Crippen LogP contribution in [0.25, 0.3) is 10.9 Å². The first-order valence-electron chi connectivity index (χ1n) is 8.20. The van der Waals surface area contributed by atoms with Gasteiger partial charge in [-0.3, -0.25) is 18.7 Å². The van der Waals surface area contributed by atoms with Gasteiger partial charge in [-0.2, -0.15) is 0 Å². The standard InChI is InChI=1S/C19H18FN3O3/c1-3-22-18(25)13-6-4-5-7-16(13)23(19(22)26)11-17(24)21-15-9-8-12(2)10-14(15)20/h4-10H,3,11H2,1-2H3,(H,21,24). The van der Waals surface area contributed by atoms with E-state index in [1.54, 1.807) is 44.2 Å². The third-order valence-electron chi connectivity index (χ3n) is 4.15. The van der Waals surface area contributed by atoms with Crippen LogP contribution in [-0.2, 0) is 17.9 Å². The highest BCUT2D eigenvalue weighted by molar-refractivity contribution is 5.91. The zero-order chi connectivity index (χ0) is 18.8. The van der Waals surface area contributed by atoms with E-state index in [0.717, 1.165) is 10.1 Å². The molecule has 2 aromatic carbocycles. The molecule has 3 rings (SSSR count). The maximum Gasteiger partial charge on any atom is 0.331 e. The molecule has 6 nitrogen and oxygen atoms in total. The van der Waals surface area contributed by atoms with Crippen LogP contribution in [0.1, 0.15) is 12.5 Å². The summed E-state index contributed by atoms with van der Waals surface area (Å²) in [6, 6.07) is 11.1. The lowest BCUT2D eigenvalue weighted by Crippen LogP contribution is -2.41. The van der Waals surface area contributed by atoms with Crippen LogP contribution >= 0.6 is 0 Å². The van der Waals surface area contributed by atoms with E-state index in [4.69, 9.17) is 0 Å². The highest BCUT2D eigenvalue weighted by atomic mass is 19.1. The van der Waals surface area contributed by atoms with E-state index in [0.29, 0.717) is 10.9 Å². The average Bonchev–Trinajstić information content (AvgIpc) is 2.61. The van der Waals surface area contributed by atoms with E-state index in [-0.39, 0.29) is 18.8 Å². The van der Waals surface area contributed by atoms with Crippen LogP contribution in [-0.4, -0.2) is 15.0 Å². The molecule has 0 saturated heterocycles. The maximum atomic E-state index is 13.9. The SMILES string of the molecule is CCn1c(=O)c2ccccc2n(CC(=O)Nc2ccc(C)cc2F)c1=O. The van der Waals surface area contributed by atoms with Crippen molar-refractivity contribution >= 4 is 22.5 Å². The lowest BCUT2D eigenvalue weighted by molar-refractivity contribution is -0.116. The molecule has 0 radical (unpaired) electrons. The highest BCUT2D eigenvalue weighted by Crippen LogP contribution is 2.15. The number of rotatable bonds is 4. The molecule has 0 aliphatic rings. The normalized spacial score (nSPS) is 10.9. The molecule has 0 spiro atoms. The minimum atomic E-state index is -0.573. The monoisotopic (exact) mass is 355 g/mol. The molecule has 3 aromatic rings. The number of anilines is 1. The highest BCUT2D eigenvalue weighted by Gasteiger charge is 2.15. The van der Waals surface area contributed by atoms with Gasteiger partial charge >= 0.3 is 5.69 Å². The average molecular weight is 355 g/mol. The molecule has 0 aliphatic carbocycles. The summed E-state index contributed by atoms with van der Waals surface area (Å²) in [7, 11) is 0. The molecule has 0 unspecified atom stereocenters. The molecule has 7 heteroatoms. The predicted octanol–water partition coefficient (Wildman–Crippen LogP) is 2.27. The van der Waals surface area contributed by atoms with Gasteiger partial charge in [-0.25, -0.2) is 9.18 Å². The Morgan fingerprint density at radius 1 is 1.12 bits per heavy atom. The van der Waals surface area contributed by atoms with Crippen LogP contribution in [0.4, 0.5) is 10.1 Å². The molecule has 0 bridgehead atoms. The summed E-state index contributed by atoms with van der Waals surface area (Å²) in [6.07, 6.45) is 0. The maximum absolute atomic E-state index is 13.9. The van der Waals surface area contributed by atoms with E-state index in [9.17, 15) is 18.8 Å². The largest absolute Gasteiger partial charge is 0.331 e. The van der Waals surface area contributed by atoms with Gasteiger partial charge in [0.1, 0.15) is 12.4 Å². The molecule has 1 heterocycles. The second-order valence-electron chi connectivity index (χ2n) is 5.97. The summed E-state index contributed by atoms with van der Waals surface area (Å²) in [5.74, 6) is -1.10. The summed E-state index contributed by atoms with van der Waals surface area (Å²) in [6.45, 7) is 3.29. The molecule has 1 amide bonds. The number of nitrogens with zero attached hydrogens (tertiary/aromatic N) is 2. The molecule has 0 aliphatic heterocycles. The van der Waals surface area contributed by atoms with Crippen molar-refractivity contribution in [1.29, 1.82) is 0 Å². The van der Waals surface area contributed by atoms with Gasteiger partial charge in [0.05, 0.1) is 16.6 Å². The number of para-hydroxylation sites is 1. The van der Waals surface area contributed by atoms with Crippen molar-refractivity contribution in [3.63, 3.8) is 0 Å². The molecule has 0 atom stereocenters. The molecule has 1 aromatic heterocycles. The molecular weight excluding hydrogens is 337 g/mol. The Balaban J connectivity index is 2.02. The third-order valence-corrected chi connectivity index (χ3v) is 4.15. The van der Waals surface area contributed by atoms with Crippen molar-refractivity contribution in [2.75, 3.05) is 5.32 Å².